The molecule has 0 spiro atoms. The number of anilines is 1. The Bertz CT molecular complexity index is 1310. The van der Waals surface area contributed by atoms with Crippen LogP contribution in [0.1, 0.15) is 21.8 Å². The number of carbonyl (C=O) groups is 1. The Hall–Kier alpha value is -3.38. The van der Waals surface area contributed by atoms with Gasteiger partial charge in [0.2, 0.25) is 5.13 Å². The van der Waals surface area contributed by atoms with Gasteiger partial charge in [-0.1, -0.05) is 23.1 Å². The van der Waals surface area contributed by atoms with Crippen LogP contribution in [0.2, 0.25) is 0 Å². The molecule has 10 nitrogen and oxygen atoms in total. The predicted molar refractivity (Wildman–Crippen MR) is 115 cm³/mol. The molecule has 3 aromatic heterocycles. The molecule has 1 N–H and O–H groups in total. The first-order chi connectivity index (χ1) is 15.0. The molecule has 31 heavy (non-hydrogen) atoms. The molecule has 0 aliphatic heterocycles. The number of thioether (sulfide) groups is 1. The number of methoxy groups -OCH3 is 2. The average Bonchev–Trinajstić information content (AvgIpc) is 3.37. The van der Waals surface area contributed by atoms with Crippen molar-refractivity contribution in [2.75, 3.05) is 19.5 Å². The van der Waals surface area contributed by atoms with Gasteiger partial charge < -0.3 is 14.0 Å². The normalized spacial score (nSPS) is 10.9. The van der Waals surface area contributed by atoms with Gasteiger partial charge in [-0.25, -0.2) is 4.98 Å². The molecule has 0 fully saturated rings. The molecule has 0 aliphatic rings. The molecule has 0 aliphatic carbocycles. The number of nitrogens with one attached hydrogen (secondary N) is 1. The van der Waals surface area contributed by atoms with Crippen LogP contribution in [0.25, 0.3) is 5.65 Å². The van der Waals surface area contributed by atoms with E-state index in [1.54, 1.807) is 31.2 Å². The summed E-state index contributed by atoms with van der Waals surface area (Å²) < 4.78 is 17.5. The molecule has 0 bridgehead atoms. The zero-order valence-corrected chi connectivity index (χ0v) is 18.4. The number of nitrogens with zero attached hydrogens (tertiary/aromatic N) is 4. The third-order valence-electron chi connectivity index (χ3n) is 4.14. The lowest BCUT2D eigenvalue weighted by Gasteiger charge is -2.08. The van der Waals surface area contributed by atoms with Crippen LogP contribution in [0.15, 0.2) is 44.0 Å². The molecule has 0 saturated heterocycles. The van der Waals surface area contributed by atoms with Gasteiger partial charge in [0.05, 0.1) is 19.9 Å². The van der Waals surface area contributed by atoms with Crippen LogP contribution < -0.4 is 20.3 Å². The minimum absolute atomic E-state index is 0.283. The van der Waals surface area contributed by atoms with E-state index >= 15 is 0 Å². The summed E-state index contributed by atoms with van der Waals surface area (Å²) in [5.74, 6) is 1.67. The van der Waals surface area contributed by atoms with Gasteiger partial charge in [0.15, 0.2) is 21.5 Å². The number of rotatable bonds is 7. The van der Waals surface area contributed by atoms with Crippen LogP contribution in [0.3, 0.4) is 0 Å². The molecule has 4 aromatic rings. The van der Waals surface area contributed by atoms with Crippen LogP contribution in [-0.4, -0.2) is 39.9 Å². The fourth-order valence-electron chi connectivity index (χ4n) is 2.75. The molecular formula is C19H17N5O5S2. The maximum absolute atomic E-state index is 12.5. The van der Waals surface area contributed by atoms with E-state index in [9.17, 15) is 9.59 Å². The molecular weight excluding hydrogens is 442 g/mol. The van der Waals surface area contributed by atoms with E-state index in [2.05, 4.69) is 20.5 Å². The van der Waals surface area contributed by atoms with E-state index < -0.39 is 0 Å². The lowest BCUT2D eigenvalue weighted by Crippen LogP contribution is -2.12. The van der Waals surface area contributed by atoms with Crippen molar-refractivity contribution >= 4 is 39.8 Å². The van der Waals surface area contributed by atoms with Crippen molar-refractivity contribution in [3.05, 3.63) is 57.7 Å². The molecule has 0 radical (unpaired) electrons. The first kappa shape index (κ1) is 20.9. The highest BCUT2D eigenvalue weighted by molar-refractivity contribution is 8.00. The molecule has 0 atom stereocenters. The predicted octanol–water partition coefficient (Wildman–Crippen LogP) is 3.01. The van der Waals surface area contributed by atoms with Crippen molar-refractivity contribution in [3.8, 4) is 11.5 Å². The summed E-state index contributed by atoms with van der Waals surface area (Å²) in [4.78, 5) is 29.0. The lowest BCUT2D eigenvalue weighted by molar-refractivity contribution is 0.102. The van der Waals surface area contributed by atoms with E-state index in [1.807, 2.05) is 0 Å². The van der Waals surface area contributed by atoms with E-state index in [-0.39, 0.29) is 11.5 Å². The molecule has 1 amide bonds. The van der Waals surface area contributed by atoms with Gasteiger partial charge >= 0.3 is 0 Å². The van der Waals surface area contributed by atoms with Gasteiger partial charge in [0.1, 0.15) is 5.76 Å². The largest absolute Gasteiger partial charge is 0.493 e. The Balaban J connectivity index is 1.41. The SMILES string of the molecule is COc1ccc(C(=O)Nc2nnc(SCc3cc(=O)n4oc(C)cc4n3)s2)cc1OC. The van der Waals surface area contributed by atoms with Crippen LogP contribution in [0.4, 0.5) is 5.13 Å². The highest BCUT2D eigenvalue weighted by Crippen LogP contribution is 2.30. The number of aryl methyl sites for hydroxylation is 1. The molecule has 160 valence electrons. The summed E-state index contributed by atoms with van der Waals surface area (Å²) in [5, 5.41) is 11.1. The number of ether oxygens (including phenoxy) is 2. The Morgan fingerprint density at radius 3 is 2.77 bits per heavy atom. The number of benzene rings is 1. The zero-order chi connectivity index (χ0) is 22.0. The Kier molecular flexibility index (Phi) is 5.91. The van der Waals surface area contributed by atoms with Crippen LogP contribution in [-0.2, 0) is 5.75 Å². The quantitative estimate of drug-likeness (QED) is 0.328. The van der Waals surface area contributed by atoms with Gasteiger partial charge in [-0.3, -0.25) is 14.9 Å². The molecule has 0 saturated carbocycles. The van der Waals surface area contributed by atoms with Crippen LogP contribution in [0.5, 0.6) is 11.5 Å². The number of fused-ring (bicyclic) bond motifs is 1. The van der Waals surface area contributed by atoms with Crippen LogP contribution >= 0.6 is 23.1 Å². The van der Waals surface area contributed by atoms with Crippen molar-refractivity contribution in [2.45, 2.75) is 17.0 Å². The van der Waals surface area contributed by atoms with E-state index in [0.717, 1.165) is 4.57 Å². The summed E-state index contributed by atoms with van der Waals surface area (Å²) >= 11 is 2.60. The monoisotopic (exact) mass is 459 g/mol. The van der Waals surface area contributed by atoms with E-state index in [4.69, 9.17) is 14.0 Å². The molecule has 3 heterocycles. The highest BCUT2D eigenvalue weighted by atomic mass is 32.2. The topological polar surface area (TPSA) is 121 Å². The van der Waals surface area contributed by atoms with E-state index in [0.29, 0.717) is 49.4 Å². The molecule has 4 rings (SSSR count). The molecule has 1 aromatic carbocycles. The summed E-state index contributed by atoms with van der Waals surface area (Å²) in [7, 11) is 3.03. The first-order valence-electron chi connectivity index (χ1n) is 8.96. The number of hydrogen-bond donors (Lipinski definition) is 1. The van der Waals surface area contributed by atoms with Crippen LogP contribution in [0, 0.1) is 6.92 Å². The first-order valence-corrected chi connectivity index (χ1v) is 10.8. The van der Waals surface area contributed by atoms with Crippen molar-refractivity contribution in [2.24, 2.45) is 0 Å². The maximum Gasteiger partial charge on any atom is 0.287 e. The summed E-state index contributed by atoms with van der Waals surface area (Å²) in [6.45, 7) is 1.75. The molecule has 0 unspecified atom stereocenters. The van der Waals surface area contributed by atoms with Crippen molar-refractivity contribution < 1.29 is 18.8 Å². The fraction of sp³-hybridized carbons (Fsp3) is 0.211. The number of aromatic nitrogens is 4. The van der Waals surface area contributed by atoms with Gasteiger partial charge in [-0.05, 0) is 25.1 Å². The maximum atomic E-state index is 12.5. The minimum Gasteiger partial charge on any atom is -0.493 e. The Labute approximate surface area is 184 Å². The van der Waals surface area contributed by atoms with Crippen molar-refractivity contribution in [3.63, 3.8) is 0 Å². The fourth-order valence-corrected chi connectivity index (χ4v) is 4.39. The van der Waals surface area contributed by atoms with Gasteiger partial charge in [-0.2, -0.15) is 0 Å². The Morgan fingerprint density at radius 1 is 1.19 bits per heavy atom. The second-order valence-corrected chi connectivity index (χ2v) is 8.47. The highest BCUT2D eigenvalue weighted by Gasteiger charge is 2.14. The second-order valence-electron chi connectivity index (χ2n) is 6.27. The average molecular weight is 460 g/mol. The van der Waals surface area contributed by atoms with Gasteiger partial charge in [-0.15, -0.1) is 14.8 Å². The summed E-state index contributed by atoms with van der Waals surface area (Å²) in [6.07, 6.45) is 0. The number of amides is 1. The zero-order valence-electron chi connectivity index (χ0n) is 16.7. The third kappa shape index (κ3) is 4.54. The lowest BCUT2D eigenvalue weighted by atomic mass is 10.2. The number of hydrogen-bond acceptors (Lipinski definition) is 10. The van der Waals surface area contributed by atoms with Gasteiger partial charge in [0.25, 0.3) is 11.5 Å². The Morgan fingerprint density at radius 2 is 2.00 bits per heavy atom. The summed E-state index contributed by atoms with van der Waals surface area (Å²) in [6, 6.07) is 7.99. The third-order valence-corrected chi connectivity index (χ3v) is 6.15. The second kappa shape index (κ2) is 8.78. The van der Waals surface area contributed by atoms with E-state index in [1.165, 1.54) is 43.4 Å². The standard InChI is InChI=1S/C19H17N5O5S2/c1-10-6-15-20-12(8-16(25)24(15)29-10)9-30-19-23-22-18(31-19)21-17(26)11-4-5-13(27-2)14(7-11)28-3/h4-8H,9H2,1-3H3,(H,21,22,26). The van der Waals surface area contributed by atoms with Crippen molar-refractivity contribution in [1.29, 1.82) is 0 Å². The van der Waals surface area contributed by atoms with Crippen molar-refractivity contribution in [1.82, 2.24) is 19.8 Å². The smallest absolute Gasteiger partial charge is 0.287 e. The molecule has 12 heteroatoms. The number of carbonyl (C=O) groups excluding carboxylic acids is 1. The summed E-state index contributed by atoms with van der Waals surface area (Å²) in [5.41, 5.74) is 1.17. The minimum atomic E-state index is -0.343. The van der Waals surface area contributed by atoms with Gasteiger partial charge in [0, 0.05) is 23.4 Å².